The Morgan fingerprint density at radius 3 is 1.83 bits per heavy atom. The van der Waals surface area contributed by atoms with Crippen LogP contribution in [0.3, 0.4) is 0 Å². The lowest BCUT2D eigenvalue weighted by atomic mass is 11.6. The summed E-state index contributed by atoms with van der Waals surface area (Å²) < 4.78 is 19.1. The third-order valence-corrected chi connectivity index (χ3v) is 2.27. The molecule has 0 saturated carbocycles. The van der Waals surface area contributed by atoms with Crippen LogP contribution in [0.2, 0.25) is 0 Å². The summed E-state index contributed by atoms with van der Waals surface area (Å²) in [6, 6.07) is 0. The topological polar surface area (TPSA) is 0 Å². The third kappa shape index (κ3) is 4.98. The summed E-state index contributed by atoms with van der Waals surface area (Å²) in [5.74, 6) is 0. The standard InChI is InChI=1S/CBrClF2S/c2-6-1(3,4)5. The van der Waals surface area contributed by atoms with Crippen molar-refractivity contribution in [2.45, 2.75) is 4.71 Å². The van der Waals surface area contributed by atoms with Crippen molar-refractivity contribution in [3.8, 4) is 0 Å². The van der Waals surface area contributed by atoms with Gasteiger partial charge in [0.15, 0.2) is 0 Å². The molecule has 0 aliphatic carbocycles. The normalized spacial score (nSPS) is 12.0. The largest absolute Gasteiger partial charge is 0.381 e. The van der Waals surface area contributed by atoms with Crippen molar-refractivity contribution < 1.29 is 8.78 Å². The van der Waals surface area contributed by atoms with Gasteiger partial charge in [-0.15, -0.1) is 0 Å². The maximum atomic E-state index is 11.1. The Kier molecular flexibility index (Phi) is 2.71. The number of hydrogen-bond donors (Lipinski definition) is 0. The molecule has 0 spiro atoms. The highest BCUT2D eigenvalue weighted by Crippen LogP contribution is 2.37. The Morgan fingerprint density at radius 2 is 1.83 bits per heavy atom. The van der Waals surface area contributed by atoms with E-state index in [0.717, 1.165) is 0 Å². The van der Waals surface area contributed by atoms with Crippen LogP contribution in [0, 0.1) is 0 Å². The van der Waals surface area contributed by atoms with Crippen LogP contribution in [-0.2, 0) is 0 Å². The summed E-state index contributed by atoms with van der Waals surface area (Å²) in [7, 11) is 0.127. The fraction of sp³-hybridized carbons (Fsp3) is 1.00. The molecule has 0 rings (SSSR count). The van der Waals surface area contributed by atoms with Crippen LogP contribution in [0.5, 0.6) is 0 Å². The van der Waals surface area contributed by atoms with E-state index in [2.05, 4.69) is 26.4 Å². The zero-order chi connectivity index (χ0) is 5.21. The SMILES string of the molecule is FC(F)(Cl)SBr. The Morgan fingerprint density at radius 1 is 1.67 bits per heavy atom. The Balaban J connectivity index is 3.17. The minimum absolute atomic E-state index is 0.127. The van der Waals surface area contributed by atoms with Crippen molar-refractivity contribution >= 4 is 36.6 Å². The second-order valence-electron chi connectivity index (χ2n) is 0.523. The highest BCUT2D eigenvalue weighted by atomic mass is 79.9. The molecule has 0 bridgehead atoms. The van der Waals surface area contributed by atoms with Gasteiger partial charge in [-0.3, -0.25) is 0 Å². The maximum Gasteiger partial charge on any atom is 0.381 e. The van der Waals surface area contributed by atoms with Crippen LogP contribution in [0.4, 0.5) is 8.78 Å². The second kappa shape index (κ2) is 2.33. The molecule has 6 heavy (non-hydrogen) atoms. The van der Waals surface area contributed by atoms with Gasteiger partial charge in [0, 0.05) is 10.2 Å². The highest BCUT2D eigenvalue weighted by molar-refractivity contribution is 9.50. The van der Waals surface area contributed by atoms with E-state index in [1.165, 1.54) is 0 Å². The first-order valence-corrected chi connectivity index (χ1v) is 3.96. The average molecular weight is 197 g/mol. The first kappa shape index (κ1) is 6.98. The van der Waals surface area contributed by atoms with Gasteiger partial charge < -0.3 is 0 Å². The molecule has 0 saturated heterocycles. The van der Waals surface area contributed by atoms with Gasteiger partial charge in [-0.05, 0) is 26.4 Å². The van der Waals surface area contributed by atoms with E-state index in [9.17, 15) is 8.78 Å². The summed E-state index contributed by atoms with van der Waals surface area (Å²) in [4.78, 5) is 0. The van der Waals surface area contributed by atoms with Crippen LogP contribution < -0.4 is 0 Å². The van der Waals surface area contributed by atoms with E-state index in [4.69, 9.17) is 0 Å². The van der Waals surface area contributed by atoms with Crippen LogP contribution in [0.25, 0.3) is 0 Å². The van der Waals surface area contributed by atoms with Crippen LogP contribution >= 0.6 is 36.6 Å². The van der Waals surface area contributed by atoms with Crippen molar-refractivity contribution in [2.24, 2.45) is 0 Å². The van der Waals surface area contributed by atoms with Crippen LogP contribution in [0.1, 0.15) is 0 Å². The van der Waals surface area contributed by atoms with Crippen molar-refractivity contribution in [1.82, 2.24) is 0 Å². The molecule has 0 unspecified atom stereocenters. The first-order valence-electron chi connectivity index (χ1n) is 0.925. The molecule has 0 aliphatic rings. The van der Waals surface area contributed by atoms with Crippen LogP contribution in [-0.4, -0.2) is 4.71 Å². The predicted molar refractivity (Wildman–Crippen MR) is 27.3 cm³/mol. The molecule has 5 heteroatoms. The fourth-order valence-corrected chi connectivity index (χ4v) is 0. The van der Waals surface area contributed by atoms with Gasteiger partial charge in [-0.1, -0.05) is 0 Å². The molecule has 0 heterocycles. The Hall–Kier alpha value is 0.980. The quantitative estimate of drug-likeness (QED) is 0.583. The van der Waals surface area contributed by atoms with E-state index < -0.39 is 4.71 Å². The maximum absolute atomic E-state index is 11.1. The summed E-state index contributed by atoms with van der Waals surface area (Å²) in [6.45, 7) is 0. The monoisotopic (exact) mass is 196 g/mol. The van der Waals surface area contributed by atoms with Crippen molar-refractivity contribution in [3.05, 3.63) is 0 Å². The van der Waals surface area contributed by atoms with Gasteiger partial charge in [-0.25, -0.2) is 0 Å². The molecule has 0 radical (unpaired) electrons. The van der Waals surface area contributed by atoms with Gasteiger partial charge in [0.05, 0.1) is 0 Å². The summed E-state index contributed by atoms with van der Waals surface area (Å²) in [6.07, 6.45) is 0. The van der Waals surface area contributed by atoms with E-state index in [-0.39, 0.29) is 10.2 Å². The molecule has 0 atom stereocenters. The lowest BCUT2D eigenvalue weighted by molar-refractivity contribution is 0.205. The zero-order valence-electron chi connectivity index (χ0n) is 2.42. The fourth-order valence-electron chi connectivity index (χ4n) is 0. The molecular weight excluding hydrogens is 197 g/mol. The molecule has 0 nitrogen and oxygen atoms in total. The molecular formula is CBrClF2S. The zero-order valence-corrected chi connectivity index (χ0v) is 5.58. The van der Waals surface area contributed by atoms with Gasteiger partial charge in [0.25, 0.3) is 0 Å². The van der Waals surface area contributed by atoms with Crippen molar-refractivity contribution in [3.63, 3.8) is 0 Å². The number of halogens is 4. The van der Waals surface area contributed by atoms with E-state index in [0.29, 0.717) is 0 Å². The molecule has 0 aliphatic heterocycles. The van der Waals surface area contributed by atoms with E-state index >= 15 is 0 Å². The number of rotatable bonds is 1. The third-order valence-electron chi connectivity index (χ3n) is 0.0875. The van der Waals surface area contributed by atoms with Gasteiger partial charge >= 0.3 is 4.71 Å². The second-order valence-corrected chi connectivity index (χ2v) is 2.86. The minimum Gasteiger partial charge on any atom is -0.176 e. The van der Waals surface area contributed by atoms with Gasteiger partial charge in [-0.2, -0.15) is 8.78 Å². The van der Waals surface area contributed by atoms with Gasteiger partial charge in [0.2, 0.25) is 0 Å². The van der Waals surface area contributed by atoms with Crippen molar-refractivity contribution in [2.75, 3.05) is 0 Å². The molecule has 0 amide bonds. The lowest BCUT2D eigenvalue weighted by Crippen LogP contribution is -1.91. The minimum atomic E-state index is -3.15. The predicted octanol–water partition coefficient (Wildman–Crippen LogP) is 2.82. The van der Waals surface area contributed by atoms with Crippen LogP contribution in [0.15, 0.2) is 0 Å². The van der Waals surface area contributed by atoms with E-state index in [1.807, 2.05) is 0 Å². The van der Waals surface area contributed by atoms with Gasteiger partial charge in [0.1, 0.15) is 0 Å². The first-order chi connectivity index (χ1) is 2.56. The van der Waals surface area contributed by atoms with E-state index in [1.54, 1.807) is 0 Å². The molecule has 0 aromatic rings. The Labute approximate surface area is 50.4 Å². The molecule has 0 N–H and O–H groups in total. The molecule has 0 aromatic carbocycles. The van der Waals surface area contributed by atoms with Crippen molar-refractivity contribution in [1.29, 1.82) is 0 Å². The molecule has 38 valence electrons. The number of alkyl halides is 3. The number of hydrogen-bond acceptors (Lipinski definition) is 1. The Bertz CT molecular complexity index is 43.3. The molecule has 0 aromatic heterocycles. The summed E-state index contributed by atoms with van der Waals surface area (Å²) in [5.41, 5.74) is 0. The lowest BCUT2D eigenvalue weighted by Gasteiger charge is -1.95. The summed E-state index contributed by atoms with van der Waals surface area (Å²) in [5, 5.41) is 0. The highest BCUT2D eigenvalue weighted by Gasteiger charge is 2.23. The smallest absolute Gasteiger partial charge is 0.176 e. The average Bonchev–Trinajstić information content (AvgIpc) is 1.35. The summed E-state index contributed by atoms with van der Waals surface area (Å²) >= 11 is 6.70. The molecule has 0 fully saturated rings.